The van der Waals surface area contributed by atoms with Gasteiger partial charge in [-0.05, 0) is 6.92 Å². The average molecular weight is 171 g/mol. The molecule has 1 aromatic heterocycles. The lowest BCUT2D eigenvalue weighted by Gasteiger charge is -1.98. The maximum atomic E-state index is 12.9. The first kappa shape index (κ1) is 7.96. The van der Waals surface area contributed by atoms with Crippen LogP contribution < -0.4 is 0 Å². The average Bonchev–Trinajstić information content (AvgIpc) is 2.01. The quantitative estimate of drug-likeness (QED) is 0.598. The second-order valence-corrected chi connectivity index (χ2v) is 2.41. The number of hydrogen-bond donors (Lipinski definition) is 0. The molecule has 1 aromatic rings. The van der Waals surface area contributed by atoms with Crippen LogP contribution in [0.1, 0.15) is 11.3 Å². The molecule has 4 heteroatoms. The summed E-state index contributed by atoms with van der Waals surface area (Å²) in [5.41, 5.74) is 0.0464. The predicted molar refractivity (Wildman–Crippen MR) is 38.7 cm³/mol. The molecule has 1 heterocycles. The summed E-state index contributed by atoms with van der Waals surface area (Å²) in [6, 6.07) is 1.62. The molecule has 1 rings (SSSR count). The third-order valence-corrected chi connectivity index (χ3v) is 1.69. The largest absolute Gasteiger partial charge is 0.241 e. The summed E-state index contributed by atoms with van der Waals surface area (Å²) < 4.78 is 12.9. The molecule has 0 N–H and O–H groups in total. The first-order chi connectivity index (χ1) is 5.16. The number of halogens is 2. The molecule has 0 unspecified atom stereocenters. The fourth-order valence-electron chi connectivity index (χ4n) is 0.635. The second kappa shape index (κ2) is 2.85. The van der Waals surface area contributed by atoms with E-state index in [1.54, 1.807) is 6.07 Å². The van der Waals surface area contributed by atoms with E-state index >= 15 is 0 Å². The normalized spacial score (nSPS) is 9.27. The van der Waals surface area contributed by atoms with Crippen LogP contribution in [0.25, 0.3) is 0 Å². The molecule has 0 aliphatic rings. The van der Waals surface area contributed by atoms with Crippen LogP contribution >= 0.6 is 11.6 Å². The molecule has 0 aliphatic carbocycles. The number of aromatic nitrogens is 1. The molecule has 0 amide bonds. The van der Waals surface area contributed by atoms with Crippen LogP contribution in [-0.2, 0) is 0 Å². The van der Waals surface area contributed by atoms with Crippen LogP contribution in [0.3, 0.4) is 0 Å². The van der Waals surface area contributed by atoms with Crippen LogP contribution in [0.15, 0.2) is 6.20 Å². The Bertz CT molecular complexity index is 330. The molecular weight excluding hydrogens is 167 g/mol. The Hall–Kier alpha value is -1.14. The summed E-state index contributed by atoms with van der Waals surface area (Å²) in [4.78, 5) is 3.49. The van der Waals surface area contributed by atoms with Crippen molar-refractivity contribution in [2.75, 3.05) is 0 Å². The van der Waals surface area contributed by atoms with Crippen molar-refractivity contribution >= 4 is 11.6 Å². The van der Waals surface area contributed by atoms with Crippen molar-refractivity contribution in [1.82, 2.24) is 4.98 Å². The highest BCUT2D eigenvalue weighted by Crippen LogP contribution is 2.17. The fourth-order valence-corrected chi connectivity index (χ4v) is 0.767. The SMILES string of the molecule is Cc1c(Cl)cnc(C#N)c1F. The molecule has 0 radical (unpaired) electrons. The van der Waals surface area contributed by atoms with Gasteiger partial charge >= 0.3 is 0 Å². The van der Waals surface area contributed by atoms with Gasteiger partial charge in [-0.25, -0.2) is 9.37 Å². The number of rotatable bonds is 0. The van der Waals surface area contributed by atoms with Gasteiger partial charge in [0.05, 0.1) is 5.02 Å². The molecule has 0 aliphatic heterocycles. The van der Waals surface area contributed by atoms with E-state index in [1.165, 1.54) is 13.1 Å². The maximum Gasteiger partial charge on any atom is 0.176 e. The predicted octanol–water partition coefficient (Wildman–Crippen LogP) is 2.05. The van der Waals surface area contributed by atoms with Crippen LogP contribution in [-0.4, -0.2) is 4.98 Å². The third kappa shape index (κ3) is 1.31. The standard InChI is InChI=1S/C7H4ClFN2/c1-4-5(8)3-11-6(2-10)7(4)9/h3H,1H3. The van der Waals surface area contributed by atoms with Crippen molar-refractivity contribution in [1.29, 1.82) is 5.26 Å². The Labute approximate surface area is 68.2 Å². The van der Waals surface area contributed by atoms with Crippen molar-refractivity contribution in [3.8, 4) is 6.07 Å². The molecule has 0 saturated heterocycles. The summed E-state index contributed by atoms with van der Waals surface area (Å²) in [5.74, 6) is -0.639. The molecule has 0 bridgehead atoms. The third-order valence-electron chi connectivity index (χ3n) is 1.31. The Morgan fingerprint density at radius 3 is 2.91 bits per heavy atom. The molecule has 0 spiro atoms. The molecule has 0 aromatic carbocycles. The van der Waals surface area contributed by atoms with Gasteiger partial charge in [-0.2, -0.15) is 5.26 Å². The van der Waals surface area contributed by atoms with Crippen molar-refractivity contribution < 1.29 is 4.39 Å². The van der Waals surface area contributed by atoms with Crippen LogP contribution in [0, 0.1) is 24.1 Å². The highest BCUT2D eigenvalue weighted by molar-refractivity contribution is 6.31. The van der Waals surface area contributed by atoms with E-state index in [4.69, 9.17) is 16.9 Å². The zero-order valence-electron chi connectivity index (χ0n) is 5.73. The van der Waals surface area contributed by atoms with Crippen molar-refractivity contribution in [2.45, 2.75) is 6.92 Å². The van der Waals surface area contributed by atoms with Crippen LogP contribution in [0.2, 0.25) is 5.02 Å². The van der Waals surface area contributed by atoms with Gasteiger partial charge in [0, 0.05) is 11.8 Å². The van der Waals surface area contributed by atoms with E-state index in [9.17, 15) is 4.39 Å². The van der Waals surface area contributed by atoms with Gasteiger partial charge in [0.15, 0.2) is 11.5 Å². The van der Waals surface area contributed by atoms with Crippen molar-refractivity contribution in [3.05, 3.63) is 28.3 Å². The van der Waals surface area contributed by atoms with Gasteiger partial charge in [-0.15, -0.1) is 0 Å². The van der Waals surface area contributed by atoms with Gasteiger partial charge in [0.25, 0.3) is 0 Å². The number of nitrogens with zero attached hydrogens (tertiary/aromatic N) is 2. The van der Waals surface area contributed by atoms with E-state index in [1.807, 2.05) is 0 Å². The molecule has 0 saturated carbocycles. The number of pyridine rings is 1. The monoisotopic (exact) mass is 170 g/mol. The van der Waals surface area contributed by atoms with Crippen molar-refractivity contribution in [2.24, 2.45) is 0 Å². The van der Waals surface area contributed by atoms with E-state index in [2.05, 4.69) is 4.98 Å². The first-order valence-corrected chi connectivity index (χ1v) is 3.25. The van der Waals surface area contributed by atoms with E-state index in [0.29, 0.717) is 0 Å². The van der Waals surface area contributed by atoms with E-state index in [-0.39, 0.29) is 16.3 Å². The Balaban J connectivity index is 3.40. The smallest absolute Gasteiger partial charge is 0.176 e. The minimum atomic E-state index is -0.639. The summed E-state index contributed by atoms with van der Waals surface area (Å²) in [5, 5.41) is 8.58. The lowest BCUT2D eigenvalue weighted by Crippen LogP contribution is -1.92. The zero-order valence-corrected chi connectivity index (χ0v) is 6.48. The molecule has 0 fully saturated rings. The summed E-state index contributed by atoms with van der Waals surface area (Å²) >= 11 is 5.53. The van der Waals surface area contributed by atoms with E-state index < -0.39 is 5.82 Å². The number of nitriles is 1. The lowest BCUT2D eigenvalue weighted by molar-refractivity contribution is 0.607. The Morgan fingerprint density at radius 2 is 2.36 bits per heavy atom. The highest BCUT2D eigenvalue weighted by Gasteiger charge is 2.08. The fraction of sp³-hybridized carbons (Fsp3) is 0.143. The first-order valence-electron chi connectivity index (χ1n) is 2.87. The Kier molecular flexibility index (Phi) is 2.06. The van der Waals surface area contributed by atoms with Gasteiger partial charge in [0.1, 0.15) is 6.07 Å². The second-order valence-electron chi connectivity index (χ2n) is 2.01. The topological polar surface area (TPSA) is 36.7 Å². The minimum Gasteiger partial charge on any atom is -0.241 e. The summed E-state index contributed by atoms with van der Waals surface area (Å²) in [6.07, 6.45) is 1.26. The van der Waals surface area contributed by atoms with Gasteiger partial charge in [-0.3, -0.25) is 0 Å². The highest BCUT2D eigenvalue weighted by atomic mass is 35.5. The Morgan fingerprint density at radius 1 is 1.73 bits per heavy atom. The molecular formula is C7H4ClFN2. The summed E-state index contributed by atoms with van der Waals surface area (Å²) in [6.45, 7) is 1.50. The zero-order chi connectivity index (χ0) is 8.43. The maximum absolute atomic E-state index is 12.9. The molecule has 11 heavy (non-hydrogen) atoms. The van der Waals surface area contributed by atoms with Crippen LogP contribution in [0.5, 0.6) is 0 Å². The van der Waals surface area contributed by atoms with Crippen LogP contribution in [0.4, 0.5) is 4.39 Å². The minimum absolute atomic E-state index is 0.216. The summed E-state index contributed by atoms with van der Waals surface area (Å²) in [7, 11) is 0. The number of hydrogen-bond acceptors (Lipinski definition) is 2. The molecule has 56 valence electrons. The van der Waals surface area contributed by atoms with Gasteiger partial charge in [-0.1, -0.05) is 11.6 Å². The van der Waals surface area contributed by atoms with Crippen molar-refractivity contribution in [3.63, 3.8) is 0 Å². The molecule has 0 atom stereocenters. The lowest BCUT2D eigenvalue weighted by atomic mass is 10.2. The molecule has 2 nitrogen and oxygen atoms in total. The van der Waals surface area contributed by atoms with E-state index in [0.717, 1.165) is 0 Å². The van der Waals surface area contributed by atoms with Gasteiger partial charge < -0.3 is 0 Å². The van der Waals surface area contributed by atoms with Gasteiger partial charge in [0.2, 0.25) is 0 Å².